The van der Waals surface area contributed by atoms with Crippen molar-refractivity contribution in [2.24, 2.45) is 5.10 Å². The Morgan fingerprint density at radius 1 is 1.27 bits per heavy atom. The first kappa shape index (κ1) is 18.6. The summed E-state index contributed by atoms with van der Waals surface area (Å²) in [5.74, 6) is -1.70. The van der Waals surface area contributed by atoms with Crippen molar-refractivity contribution in [1.29, 1.82) is 0 Å². The zero-order valence-electron chi connectivity index (χ0n) is 15.8. The minimum atomic E-state index is -0.851. The number of anilines is 2. The van der Waals surface area contributed by atoms with Gasteiger partial charge in [0.1, 0.15) is 5.69 Å². The molecule has 3 aliphatic heterocycles. The lowest BCUT2D eigenvalue weighted by molar-refractivity contribution is -0.117. The Balaban J connectivity index is 1.36. The van der Waals surface area contributed by atoms with Crippen LogP contribution in [0.2, 0.25) is 0 Å². The lowest BCUT2D eigenvalue weighted by atomic mass is 10.2. The summed E-state index contributed by atoms with van der Waals surface area (Å²) >= 11 is 0. The molecule has 1 saturated carbocycles. The lowest BCUT2D eigenvalue weighted by Crippen LogP contribution is -2.41. The molecule has 158 valence electrons. The van der Waals surface area contributed by atoms with Crippen molar-refractivity contribution in [2.45, 2.75) is 18.1 Å². The minimum absolute atomic E-state index is 0.0705. The highest BCUT2D eigenvalue weighted by molar-refractivity contribution is 5.91. The first-order chi connectivity index (χ1) is 14.5. The number of hydrogen-bond acceptors (Lipinski definition) is 8. The summed E-state index contributed by atoms with van der Waals surface area (Å²) in [6, 6.07) is 2.13. The minimum Gasteiger partial charge on any atom is -0.438 e. The highest BCUT2D eigenvalue weighted by atomic mass is 19.1. The third-order valence-electron chi connectivity index (χ3n) is 5.63. The van der Waals surface area contributed by atoms with Crippen LogP contribution in [0.15, 0.2) is 29.6 Å². The summed E-state index contributed by atoms with van der Waals surface area (Å²) in [5, 5.41) is 7.01. The fraction of sp³-hybridized carbons (Fsp3) is 0.389. The average molecular weight is 419 g/mol. The molecular formula is C18H19F2N7O3. The second-order valence-corrected chi connectivity index (χ2v) is 7.50. The molecule has 2 fully saturated rings. The van der Waals surface area contributed by atoms with Crippen LogP contribution in [0, 0.1) is 11.6 Å². The molecule has 3 heterocycles. The summed E-state index contributed by atoms with van der Waals surface area (Å²) in [6.07, 6.45) is 5.54. The molecule has 1 aromatic rings. The molecular weight excluding hydrogens is 400 g/mol. The Kier molecular flexibility index (Phi) is 4.24. The Labute approximate surface area is 170 Å². The number of hydrazine groups is 2. The number of benzene rings is 1. The molecule has 4 aliphatic rings. The summed E-state index contributed by atoms with van der Waals surface area (Å²) in [7, 11) is 0. The predicted molar refractivity (Wildman–Crippen MR) is 102 cm³/mol. The Morgan fingerprint density at radius 3 is 2.77 bits per heavy atom. The van der Waals surface area contributed by atoms with Crippen molar-refractivity contribution in [1.82, 2.24) is 20.9 Å². The van der Waals surface area contributed by atoms with Crippen LogP contribution in [0.5, 0.6) is 0 Å². The Bertz CT molecular complexity index is 935. The number of carbonyl (C=O) groups is 2. The van der Waals surface area contributed by atoms with E-state index in [0.717, 1.165) is 12.1 Å². The maximum atomic E-state index is 14.9. The van der Waals surface area contributed by atoms with Gasteiger partial charge >= 0.3 is 6.09 Å². The average Bonchev–Trinajstić information content (AvgIpc) is 3.04. The van der Waals surface area contributed by atoms with Gasteiger partial charge in [-0.3, -0.25) is 19.7 Å². The molecule has 2 N–H and O–H groups in total. The molecule has 5 rings (SSSR count). The van der Waals surface area contributed by atoms with E-state index in [1.54, 1.807) is 17.4 Å². The molecule has 10 nitrogen and oxygen atoms in total. The molecule has 0 radical (unpaired) electrons. The molecule has 1 spiro atoms. The van der Waals surface area contributed by atoms with Crippen LogP contribution >= 0.6 is 0 Å². The Hall–Kier alpha value is -3.41. The largest absolute Gasteiger partial charge is 0.438 e. The highest BCUT2D eigenvalue weighted by Gasteiger charge is 2.66. The third-order valence-corrected chi connectivity index (χ3v) is 5.63. The number of ether oxygens (including phenoxy) is 1. The molecule has 1 aliphatic carbocycles. The standard InChI is InChI=1S/C18H19F2N7O3/c19-13-7-12(8-14(20)16(13)27-6-5-24(11-28)3-2-22-27)25-10-18(30-17(25)29)9-15(18)26-4-1-21-23-26/h1-2,4,7-8,11,15,21,23H,3,5-6,9-10H2. The predicted octanol–water partition coefficient (Wildman–Crippen LogP) is 0.493. The van der Waals surface area contributed by atoms with E-state index in [9.17, 15) is 18.4 Å². The van der Waals surface area contributed by atoms with Crippen molar-refractivity contribution < 1.29 is 23.1 Å². The van der Waals surface area contributed by atoms with Gasteiger partial charge < -0.3 is 15.1 Å². The number of rotatable bonds is 4. The topological polar surface area (TPSA) is 92.8 Å². The molecule has 12 heteroatoms. The van der Waals surface area contributed by atoms with Gasteiger partial charge in [0.15, 0.2) is 17.2 Å². The van der Waals surface area contributed by atoms with Crippen LogP contribution in [0.1, 0.15) is 6.42 Å². The zero-order chi connectivity index (χ0) is 20.9. The molecule has 2 amide bonds. The van der Waals surface area contributed by atoms with E-state index < -0.39 is 23.3 Å². The molecule has 2 unspecified atom stereocenters. The van der Waals surface area contributed by atoms with E-state index in [4.69, 9.17) is 4.74 Å². The molecule has 1 saturated heterocycles. The smallest absolute Gasteiger partial charge is 0.415 e. The molecule has 1 aromatic carbocycles. The van der Waals surface area contributed by atoms with Gasteiger partial charge in [-0.15, -0.1) is 5.53 Å². The van der Waals surface area contributed by atoms with Crippen LogP contribution in [-0.2, 0) is 9.53 Å². The van der Waals surface area contributed by atoms with Gasteiger partial charge in [-0.2, -0.15) is 5.10 Å². The SMILES string of the molecule is O=CN1CC=NN(c2c(F)cc(N3CC4(CC4N4C=CNN4)OC3=O)cc2F)CC1. The Morgan fingerprint density at radius 2 is 2.07 bits per heavy atom. The number of hydrazone groups is 1. The van der Waals surface area contributed by atoms with Crippen LogP contribution in [0.4, 0.5) is 25.0 Å². The van der Waals surface area contributed by atoms with Crippen molar-refractivity contribution in [3.05, 3.63) is 36.2 Å². The molecule has 2 atom stereocenters. The van der Waals surface area contributed by atoms with Crippen molar-refractivity contribution >= 4 is 30.1 Å². The number of amides is 2. The third kappa shape index (κ3) is 3.00. The molecule has 30 heavy (non-hydrogen) atoms. The molecule has 0 bridgehead atoms. The van der Waals surface area contributed by atoms with E-state index in [0.29, 0.717) is 12.8 Å². The van der Waals surface area contributed by atoms with Crippen LogP contribution < -0.4 is 20.9 Å². The van der Waals surface area contributed by atoms with Gasteiger partial charge in [0.25, 0.3) is 0 Å². The number of halogens is 2. The first-order valence-electron chi connectivity index (χ1n) is 9.46. The van der Waals surface area contributed by atoms with Gasteiger partial charge in [0.05, 0.1) is 31.4 Å². The second-order valence-electron chi connectivity index (χ2n) is 7.50. The van der Waals surface area contributed by atoms with Gasteiger partial charge in [0.2, 0.25) is 6.41 Å². The van der Waals surface area contributed by atoms with E-state index in [-0.39, 0.29) is 43.6 Å². The first-order valence-corrected chi connectivity index (χ1v) is 9.46. The van der Waals surface area contributed by atoms with Gasteiger partial charge in [-0.25, -0.2) is 13.6 Å². The summed E-state index contributed by atoms with van der Waals surface area (Å²) in [5.41, 5.74) is 4.76. The fourth-order valence-electron chi connectivity index (χ4n) is 3.97. The lowest BCUT2D eigenvalue weighted by Gasteiger charge is -2.22. The zero-order valence-corrected chi connectivity index (χ0v) is 15.8. The van der Waals surface area contributed by atoms with Crippen molar-refractivity contribution in [2.75, 3.05) is 36.1 Å². The van der Waals surface area contributed by atoms with Gasteiger partial charge in [-0.1, -0.05) is 0 Å². The van der Waals surface area contributed by atoms with Crippen molar-refractivity contribution in [3.63, 3.8) is 0 Å². The normalized spacial score (nSPS) is 27.5. The van der Waals surface area contributed by atoms with Gasteiger partial charge in [-0.05, 0) is 0 Å². The monoisotopic (exact) mass is 419 g/mol. The van der Waals surface area contributed by atoms with Gasteiger partial charge in [0, 0.05) is 43.7 Å². The van der Waals surface area contributed by atoms with E-state index in [1.165, 1.54) is 21.0 Å². The van der Waals surface area contributed by atoms with Crippen LogP contribution in [0.25, 0.3) is 0 Å². The quantitative estimate of drug-likeness (QED) is 0.687. The summed E-state index contributed by atoms with van der Waals surface area (Å²) in [4.78, 5) is 26.0. The summed E-state index contributed by atoms with van der Waals surface area (Å²) < 4.78 is 35.3. The van der Waals surface area contributed by atoms with E-state index >= 15 is 0 Å². The fourth-order valence-corrected chi connectivity index (χ4v) is 3.97. The maximum absolute atomic E-state index is 14.9. The highest BCUT2D eigenvalue weighted by Crippen LogP contribution is 2.49. The van der Waals surface area contributed by atoms with E-state index in [2.05, 4.69) is 16.1 Å². The summed E-state index contributed by atoms with van der Waals surface area (Å²) in [6.45, 7) is 0.876. The van der Waals surface area contributed by atoms with Crippen LogP contribution in [0.3, 0.4) is 0 Å². The number of hydrogen-bond donors (Lipinski definition) is 2. The number of nitrogens with one attached hydrogen (secondary N) is 2. The number of carbonyl (C=O) groups excluding carboxylic acids is 2. The molecule has 0 aromatic heterocycles. The van der Waals surface area contributed by atoms with Crippen molar-refractivity contribution in [3.8, 4) is 0 Å². The van der Waals surface area contributed by atoms with Crippen LogP contribution in [-0.4, -0.2) is 66.4 Å². The van der Waals surface area contributed by atoms with E-state index in [1.807, 2.05) is 0 Å². The second kappa shape index (κ2) is 6.83. The maximum Gasteiger partial charge on any atom is 0.415 e. The number of nitrogens with zero attached hydrogens (tertiary/aromatic N) is 5.